The topological polar surface area (TPSA) is 54.8 Å². The molecule has 6 nitrogen and oxygen atoms in total. The Morgan fingerprint density at radius 2 is 1.77 bits per heavy atom. The number of ether oxygens (including phenoxy) is 1. The van der Waals surface area contributed by atoms with E-state index in [4.69, 9.17) is 4.74 Å². The molecule has 0 saturated carbocycles. The summed E-state index contributed by atoms with van der Waals surface area (Å²) in [6.07, 6.45) is 2.65. The van der Waals surface area contributed by atoms with Gasteiger partial charge in [0.15, 0.2) is 0 Å². The summed E-state index contributed by atoms with van der Waals surface area (Å²) in [5, 5.41) is 0. The van der Waals surface area contributed by atoms with Crippen LogP contribution in [-0.4, -0.2) is 53.2 Å². The van der Waals surface area contributed by atoms with Crippen LogP contribution in [0.4, 0.5) is 4.79 Å². The van der Waals surface area contributed by atoms with Crippen molar-refractivity contribution in [3.63, 3.8) is 0 Å². The second-order valence-corrected chi connectivity index (χ2v) is 6.83. The minimum atomic E-state index is 0.0144. The third-order valence-corrected chi connectivity index (χ3v) is 5.07. The molecule has 2 amide bonds. The molecule has 136 valence electrons. The Bertz CT molecular complexity index is 841. The van der Waals surface area contributed by atoms with E-state index in [1.54, 1.807) is 10.6 Å². The Morgan fingerprint density at radius 3 is 2.54 bits per heavy atom. The molecule has 2 aliphatic heterocycles. The molecular weight excluding hydrogens is 330 g/mol. The number of carbonyl (C=O) groups is 1. The van der Waals surface area contributed by atoms with Gasteiger partial charge in [0.1, 0.15) is 0 Å². The molecule has 1 saturated heterocycles. The maximum Gasteiger partial charge on any atom is 0.320 e. The van der Waals surface area contributed by atoms with E-state index < -0.39 is 0 Å². The van der Waals surface area contributed by atoms with Crippen LogP contribution in [0.3, 0.4) is 0 Å². The number of amides is 2. The molecule has 0 radical (unpaired) electrons. The summed E-state index contributed by atoms with van der Waals surface area (Å²) in [4.78, 5) is 28.9. The third-order valence-electron chi connectivity index (χ3n) is 5.07. The Kier molecular flexibility index (Phi) is 4.75. The first-order valence-electron chi connectivity index (χ1n) is 9.08. The molecule has 4 rings (SSSR count). The summed E-state index contributed by atoms with van der Waals surface area (Å²) in [5.41, 5.74) is 3.23. The van der Waals surface area contributed by atoms with Crippen LogP contribution in [0.1, 0.15) is 16.7 Å². The van der Waals surface area contributed by atoms with Gasteiger partial charge in [-0.15, -0.1) is 0 Å². The highest BCUT2D eigenvalue weighted by molar-refractivity contribution is 5.75. The zero-order valence-electron chi connectivity index (χ0n) is 14.8. The second kappa shape index (κ2) is 7.33. The first-order chi connectivity index (χ1) is 12.7. The summed E-state index contributed by atoms with van der Waals surface area (Å²) in [6.45, 7) is 4.27. The SMILES string of the molecule is O=C(N1CCOCC1)N1CCc2cc(=O)n(Cc3ccccc3)cc2C1. The number of hydrogen-bond acceptors (Lipinski definition) is 3. The standard InChI is InChI=1S/C20H23N3O3/c24-19-12-17-6-7-22(20(25)21-8-10-26-11-9-21)14-18(17)15-23(19)13-16-4-2-1-3-5-16/h1-5,12,15H,6-11,13-14H2. The lowest BCUT2D eigenvalue weighted by Gasteiger charge is -2.35. The Hall–Kier alpha value is -2.60. The zero-order chi connectivity index (χ0) is 17.9. The monoisotopic (exact) mass is 353 g/mol. The Morgan fingerprint density at radius 1 is 1.00 bits per heavy atom. The fourth-order valence-electron chi connectivity index (χ4n) is 3.60. The molecule has 0 unspecified atom stereocenters. The molecule has 2 aromatic rings. The maximum absolute atomic E-state index is 12.7. The minimum Gasteiger partial charge on any atom is -0.378 e. The van der Waals surface area contributed by atoms with Crippen molar-refractivity contribution >= 4 is 6.03 Å². The lowest BCUT2D eigenvalue weighted by molar-refractivity contribution is 0.0421. The van der Waals surface area contributed by atoms with Gasteiger partial charge in [-0.1, -0.05) is 30.3 Å². The lowest BCUT2D eigenvalue weighted by Crippen LogP contribution is -2.49. The third kappa shape index (κ3) is 3.51. The minimum absolute atomic E-state index is 0.0144. The van der Waals surface area contributed by atoms with Gasteiger partial charge in [-0.2, -0.15) is 0 Å². The molecule has 0 atom stereocenters. The van der Waals surface area contributed by atoms with Gasteiger partial charge in [-0.25, -0.2) is 4.79 Å². The second-order valence-electron chi connectivity index (χ2n) is 6.83. The highest BCUT2D eigenvalue weighted by Gasteiger charge is 2.26. The molecule has 1 aromatic carbocycles. The number of benzene rings is 1. The van der Waals surface area contributed by atoms with Crippen LogP contribution >= 0.6 is 0 Å². The zero-order valence-corrected chi connectivity index (χ0v) is 14.8. The van der Waals surface area contributed by atoms with Gasteiger partial charge in [0.2, 0.25) is 0 Å². The van der Waals surface area contributed by atoms with E-state index in [0.717, 1.165) is 23.1 Å². The molecule has 1 fully saturated rings. The molecule has 0 aliphatic carbocycles. The van der Waals surface area contributed by atoms with E-state index in [2.05, 4.69) is 0 Å². The highest BCUT2D eigenvalue weighted by Crippen LogP contribution is 2.19. The van der Waals surface area contributed by atoms with Crippen molar-refractivity contribution in [1.29, 1.82) is 0 Å². The quantitative estimate of drug-likeness (QED) is 0.826. The summed E-state index contributed by atoms with van der Waals surface area (Å²) < 4.78 is 7.06. The Balaban J connectivity index is 1.53. The van der Waals surface area contributed by atoms with Gasteiger partial charge in [0.25, 0.3) is 5.56 Å². The largest absolute Gasteiger partial charge is 0.378 e. The molecule has 2 aliphatic rings. The van der Waals surface area contributed by atoms with E-state index in [9.17, 15) is 9.59 Å². The van der Waals surface area contributed by atoms with Gasteiger partial charge >= 0.3 is 6.03 Å². The number of nitrogens with zero attached hydrogens (tertiary/aromatic N) is 3. The fourth-order valence-corrected chi connectivity index (χ4v) is 3.60. The van der Waals surface area contributed by atoms with Crippen LogP contribution in [0.2, 0.25) is 0 Å². The van der Waals surface area contributed by atoms with Crippen molar-refractivity contribution in [2.45, 2.75) is 19.5 Å². The summed E-state index contributed by atoms with van der Waals surface area (Å²) in [6, 6.07) is 11.7. The number of urea groups is 1. The molecule has 26 heavy (non-hydrogen) atoms. The maximum atomic E-state index is 12.7. The van der Waals surface area contributed by atoms with Crippen molar-refractivity contribution in [3.8, 4) is 0 Å². The molecule has 0 spiro atoms. The number of morpholine rings is 1. The number of hydrogen-bond donors (Lipinski definition) is 0. The first kappa shape index (κ1) is 16.8. The van der Waals surface area contributed by atoms with Gasteiger partial charge < -0.3 is 19.1 Å². The summed E-state index contributed by atoms with van der Waals surface area (Å²) in [7, 11) is 0. The van der Waals surface area contributed by atoms with E-state index in [-0.39, 0.29) is 11.6 Å². The van der Waals surface area contributed by atoms with E-state index in [1.165, 1.54) is 0 Å². The van der Waals surface area contributed by atoms with Crippen molar-refractivity contribution in [2.75, 3.05) is 32.8 Å². The summed E-state index contributed by atoms with van der Waals surface area (Å²) in [5.74, 6) is 0. The summed E-state index contributed by atoms with van der Waals surface area (Å²) >= 11 is 0. The molecule has 3 heterocycles. The molecule has 1 aromatic heterocycles. The molecule has 0 N–H and O–H groups in total. The predicted molar refractivity (Wildman–Crippen MR) is 98.1 cm³/mol. The van der Waals surface area contributed by atoms with Gasteiger partial charge in [0.05, 0.1) is 19.8 Å². The van der Waals surface area contributed by atoms with Crippen molar-refractivity contribution in [2.24, 2.45) is 0 Å². The fraction of sp³-hybridized carbons (Fsp3) is 0.400. The first-order valence-corrected chi connectivity index (χ1v) is 9.08. The number of pyridine rings is 1. The van der Waals surface area contributed by atoms with Crippen LogP contribution in [0.25, 0.3) is 0 Å². The predicted octanol–water partition coefficient (Wildman–Crippen LogP) is 1.71. The number of rotatable bonds is 2. The van der Waals surface area contributed by atoms with Gasteiger partial charge in [-0.3, -0.25) is 4.79 Å². The number of carbonyl (C=O) groups excluding carboxylic acids is 1. The smallest absolute Gasteiger partial charge is 0.320 e. The van der Waals surface area contributed by atoms with Crippen LogP contribution < -0.4 is 5.56 Å². The molecule has 0 bridgehead atoms. The number of aromatic nitrogens is 1. The molecular formula is C20H23N3O3. The lowest BCUT2D eigenvalue weighted by atomic mass is 10.0. The van der Waals surface area contributed by atoms with Crippen molar-refractivity contribution in [3.05, 3.63) is 69.6 Å². The van der Waals surface area contributed by atoms with E-state index in [1.807, 2.05) is 46.3 Å². The average molecular weight is 353 g/mol. The van der Waals surface area contributed by atoms with Gasteiger partial charge in [0, 0.05) is 38.4 Å². The van der Waals surface area contributed by atoms with E-state index in [0.29, 0.717) is 45.9 Å². The van der Waals surface area contributed by atoms with Crippen LogP contribution in [-0.2, 0) is 24.2 Å². The average Bonchev–Trinajstić information content (AvgIpc) is 2.69. The molecule has 6 heteroatoms. The van der Waals surface area contributed by atoms with Crippen LogP contribution in [0, 0.1) is 0 Å². The van der Waals surface area contributed by atoms with E-state index >= 15 is 0 Å². The Labute approximate surface area is 152 Å². The number of fused-ring (bicyclic) bond motifs is 1. The van der Waals surface area contributed by atoms with Crippen molar-refractivity contribution < 1.29 is 9.53 Å². The van der Waals surface area contributed by atoms with Crippen LogP contribution in [0.15, 0.2) is 47.4 Å². The highest BCUT2D eigenvalue weighted by atomic mass is 16.5. The van der Waals surface area contributed by atoms with Crippen molar-refractivity contribution in [1.82, 2.24) is 14.4 Å². The van der Waals surface area contributed by atoms with Gasteiger partial charge in [-0.05, 0) is 23.1 Å². The van der Waals surface area contributed by atoms with Crippen LogP contribution in [0.5, 0.6) is 0 Å². The normalized spacial score (nSPS) is 17.1.